The number of benzene rings is 2. The minimum Gasteiger partial charge on any atom is -0.872 e. The Hall–Kier alpha value is -4.60. The molecule has 150 valence electrons. The van der Waals surface area contributed by atoms with Crippen LogP contribution in [0.2, 0.25) is 0 Å². The highest BCUT2D eigenvalue weighted by Crippen LogP contribution is 2.45. The fourth-order valence-electron chi connectivity index (χ4n) is 3.47. The molecule has 0 amide bonds. The van der Waals surface area contributed by atoms with Gasteiger partial charge in [0, 0.05) is 33.9 Å². The fraction of sp³-hybridized carbons (Fsp3) is 0. The van der Waals surface area contributed by atoms with Crippen molar-refractivity contribution in [2.45, 2.75) is 0 Å². The molecule has 30 heavy (non-hydrogen) atoms. The van der Waals surface area contributed by atoms with E-state index in [1.165, 1.54) is 0 Å². The molecule has 2 aromatic rings. The van der Waals surface area contributed by atoms with Crippen LogP contribution in [-0.4, -0.2) is 38.5 Å². The smallest absolute Gasteiger partial charge is 0.234 e. The molecule has 0 bridgehead atoms. The van der Waals surface area contributed by atoms with E-state index in [0.29, 0.717) is 12.1 Å². The maximum absolute atomic E-state index is 13.0. The molecule has 0 saturated heterocycles. The molecule has 0 fully saturated rings. The third kappa shape index (κ3) is 2.30. The van der Waals surface area contributed by atoms with Crippen molar-refractivity contribution in [2.75, 3.05) is 0 Å². The normalized spacial score (nSPS) is 15.8. The first-order valence-corrected chi connectivity index (χ1v) is 8.16. The number of carbonyl (C=O) groups excluding carboxylic acids is 4. The number of hydrogen-bond donors (Lipinski definition) is 3. The summed E-state index contributed by atoms with van der Waals surface area (Å²) < 4.78 is 0. The molecule has 0 saturated carbocycles. The van der Waals surface area contributed by atoms with Gasteiger partial charge in [-0.15, -0.1) is 0 Å². The van der Waals surface area contributed by atoms with E-state index < -0.39 is 91.0 Å². The molecule has 4 rings (SSSR count). The van der Waals surface area contributed by atoms with E-state index in [1.54, 1.807) is 0 Å². The summed E-state index contributed by atoms with van der Waals surface area (Å²) >= 11 is 0. The minimum atomic E-state index is -1.53. The molecule has 2 aliphatic rings. The second-order valence-corrected chi connectivity index (χ2v) is 6.47. The van der Waals surface area contributed by atoms with Gasteiger partial charge in [-0.3, -0.25) is 19.2 Å². The topological polar surface area (TPSA) is 198 Å². The highest BCUT2D eigenvalue weighted by Gasteiger charge is 2.37. The van der Waals surface area contributed by atoms with Crippen molar-refractivity contribution < 1.29 is 49.8 Å². The van der Waals surface area contributed by atoms with Crippen LogP contribution in [-0.2, 0) is 9.59 Å². The lowest BCUT2D eigenvalue weighted by molar-refractivity contribution is -0.274. The molecule has 0 atom stereocenters. The van der Waals surface area contributed by atoms with Gasteiger partial charge in [-0.25, -0.2) is 0 Å². The van der Waals surface area contributed by atoms with Crippen molar-refractivity contribution >= 4 is 40.2 Å². The van der Waals surface area contributed by atoms with Gasteiger partial charge in [0.1, 0.15) is 17.2 Å². The summed E-state index contributed by atoms with van der Waals surface area (Å²) in [7, 11) is 0. The summed E-state index contributed by atoms with van der Waals surface area (Å²) in [6.07, 6.45) is 0.358. The molecule has 0 unspecified atom stereocenters. The monoisotopic (exact) mass is 407 g/mol. The van der Waals surface area contributed by atoms with Crippen molar-refractivity contribution in [3.63, 3.8) is 0 Å². The van der Waals surface area contributed by atoms with Crippen LogP contribution in [0, 0.1) is 0 Å². The lowest BCUT2D eigenvalue weighted by Gasteiger charge is -2.32. The van der Waals surface area contributed by atoms with Gasteiger partial charge in [-0.2, -0.15) is 0 Å². The average molecular weight is 407 g/mol. The van der Waals surface area contributed by atoms with Gasteiger partial charge in [0.2, 0.25) is 23.1 Å². The van der Waals surface area contributed by atoms with Gasteiger partial charge in [0.25, 0.3) is 0 Å². The van der Waals surface area contributed by atoms with E-state index in [4.69, 9.17) is 0 Å². The third-order valence-electron chi connectivity index (χ3n) is 4.71. The summed E-state index contributed by atoms with van der Waals surface area (Å²) in [5.41, 5.74) is -5.15. The summed E-state index contributed by atoms with van der Waals surface area (Å²) in [5.74, 6) is -11.9. The van der Waals surface area contributed by atoms with E-state index in [1.807, 2.05) is 0 Å². The predicted molar refractivity (Wildman–Crippen MR) is 90.8 cm³/mol. The highest BCUT2D eigenvalue weighted by atomic mass is 16.3. The van der Waals surface area contributed by atoms with Crippen LogP contribution in [0.4, 0.5) is 0 Å². The van der Waals surface area contributed by atoms with Crippen molar-refractivity contribution in [1.82, 2.24) is 0 Å². The summed E-state index contributed by atoms with van der Waals surface area (Å²) in [6.45, 7) is 0. The second kappa shape index (κ2) is 5.95. The first-order valence-electron chi connectivity index (χ1n) is 8.16. The van der Waals surface area contributed by atoms with Crippen LogP contribution in [0.15, 0.2) is 24.3 Å². The van der Waals surface area contributed by atoms with Crippen LogP contribution in [0.3, 0.4) is 0 Å². The van der Waals surface area contributed by atoms with E-state index in [2.05, 4.69) is 0 Å². The number of allylic oxidation sites excluding steroid dienone is 2. The van der Waals surface area contributed by atoms with Crippen molar-refractivity contribution in [2.24, 2.45) is 0 Å². The Morgan fingerprint density at radius 3 is 1.97 bits per heavy atom. The molecule has 0 aromatic heterocycles. The van der Waals surface area contributed by atoms with Gasteiger partial charge >= 0.3 is 0 Å². The Kier molecular flexibility index (Phi) is 3.72. The molecule has 0 aliphatic heterocycles. The number of rotatable bonds is 1. The molecule has 2 aliphatic carbocycles. The number of ketones is 4. The van der Waals surface area contributed by atoms with Gasteiger partial charge in [-0.1, -0.05) is 17.3 Å². The maximum Gasteiger partial charge on any atom is 0.234 e. The van der Waals surface area contributed by atoms with Gasteiger partial charge in [0.05, 0.1) is 0 Å². The molecule has 10 heteroatoms. The number of phenolic OH excluding ortho intramolecular Hbond substituents is 3. The Labute approximate surface area is 165 Å². The molecule has 0 spiro atoms. The third-order valence-corrected chi connectivity index (χ3v) is 4.71. The Morgan fingerprint density at radius 2 is 1.30 bits per heavy atom. The van der Waals surface area contributed by atoms with Crippen LogP contribution in [0.1, 0.15) is 37.4 Å². The minimum absolute atomic E-state index is 0.358. The van der Waals surface area contributed by atoms with Crippen molar-refractivity contribution in [3.8, 4) is 23.0 Å². The van der Waals surface area contributed by atoms with Gasteiger partial charge in [-0.05, 0) is 23.8 Å². The Balaban J connectivity index is 2.17. The zero-order valence-electron chi connectivity index (χ0n) is 14.5. The number of aromatic hydroxyl groups is 3. The fourth-order valence-corrected chi connectivity index (χ4v) is 3.47. The zero-order chi connectivity index (χ0) is 22.1. The molecule has 10 nitrogen and oxygen atoms in total. The number of hydrogen-bond acceptors (Lipinski definition) is 10. The van der Waals surface area contributed by atoms with Gasteiger partial charge < -0.3 is 30.6 Å². The quantitative estimate of drug-likeness (QED) is 0.460. The Bertz CT molecular complexity index is 1310. The van der Waals surface area contributed by atoms with Crippen molar-refractivity contribution in [1.29, 1.82) is 0 Å². The van der Waals surface area contributed by atoms with Crippen molar-refractivity contribution in [3.05, 3.63) is 52.1 Å². The number of Topliss-reactive ketones (excluding diaryl/α,β-unsaturated/α-hetero) is 3. The summed E-state index contributed by atoms with van der Waals surface area (Å²) in [4.78, 5) is 49.4. The zero-order valence-corrected chi connectivity index (χ0v) is 14.5. The Morgan fingerprint density at radius 1 is 0.667 bits per heavy atom. The maximum atomic E-state index is 13.0. The summed E-state index contributed by atoms with van der Waals surface area (Å²) in [5, 5.41) is 67.0. The number of carbonyl (C=O) groups is 4. The predicted octanol–water partition coefficient (Wildman–Crippen LogP) is -1.66. The van der Waals surface area contributed by atoms with Crippen LogP contribution in [0.25, 0.3) is 17.1 Å². The van der Waals surface area contributed by atoms with E-state index in [0.717, 1.165) is 12.1 Å². The van der Waals surface area contributed by atoms with Crippen LogP contribution < -0.4 is 15.3 Å². The van der Waals surface area contributed by atoms with E-state index in [9.17, 15) is 49.8 Å². The van der Waals surface area contributed by atoms with Crippen LogP contribution in [0.5, 0.6) is 23.0 Å². The molecular formula is C20H7O10-3. The van der Waals surface area contributed by atoms with Crippen LogP contribution >= 0.6 is 0 Å². The first-order chi connectivity index (χ1) is 14.0. The van der Waals surface area contributed by atoms with E-state index in [-0.39, 0.29) is 0 Å². The van der Waals surface area contributed by atoms with Gasteiger partial charge in [0.15, 0.2) is 0 Å². The second-order valence-electron chi connectivity index (χ2n) is 6.47. The molecule has 2 aromatic carbocycles. The lowest BCUT2D eigenvalue weighted by atomic mass is 9.79. The first kappa shape index (κ1) is 18.7. The molecular weight excluding hydrogens is 400 g/mol. The highest BCUT2D eigenvalue weighted by molar-refractivity contribution is 6.63. The number of phenols is 3. The standard InChI is InChI=1S/C20H10O10/c21-5-1-6-12(7(22)2-5)19(29)16(20(30)17(6)27)14-10(25)3-8(23)13-9(24)4-11(26)18(28)15(13)14/h1-4,21-25,29H/p-3. The molecule has 0 radical (unpaired) electrons. The molecule has 0 heterocycles. The number of fused-ring (bicyclic) bond motifs is 2. The largest absolute Gasteiger partial charge is 0.872 e. The van der Waals surface area contributed by atoms with E-state index >= 15 is 0 Å². The lowest BCUT2D eigenvalue weighted by Crippen LogP contribution is -2.30. The molecule has 3 N–H and O–H groups in total. The summed E-state index contributed by atoms with van der Waals surface area (Å²) in [6, 6.07) is 1.96. The SMILES string of the molecule is O=C1C=C([O-])c2c([O-])cc(O)c(C3=C([O-])c4c(O)cc(O)cc4C(=O)C3=O)c2C1=O. The average Bonchev–Trinajstić information content (AvgIpc) is 2.65.